The van der Waals surface area contributed by atoms with Crippen LogP contribution in [0.1, 0.15) is 145 Å². The molecule has 4 fully saturated rings. The summed E-state index contributed by atoms with van der Waals surface area (Å²) >= 11 is 3.85. The number of urea groups is 2. The number of nitrogens with zero attached hydrogens (tertiary/aromatic N) is 1. The van der Waals surface area contributed by atoms with Crippen LogP contribution in [0, 0.1) is 0 Å². The number of carbonyl (C=O) groups excluding carboxylic acids is 5. The van der Waals surface area contributed by atoms with Gasteiger partial charge in [0.2, 0.25) is 11.8 Å². The summed E-state index contributed by atoms with van der Waals surface area (Å²) in [5.74, 6) is 1.90. The molecule has 2 unspecified atom stereocenters. The molecule has 0 aliphatic carbocycles. The number of unbranched alkanes of at least 4 members (excludes halogenated alkanes) is 8. The van der Waals surface area contributed by atoms with Crippen molar-refractivity contribution in [3.8, 4) is 0 Å². The number of esters is 1. The average molecular weight is 872 g/mol. The van der Waals surface area contributed by atoms with Crippen molar-refractivity contribution in [3.05, 3.63) is 35.4 Å². The summed E-state index contributed by atoms with van der Waals surface area (Å²) < 4.78 is 4.88. The summed E-state index contributed by atoms with van der Waals surface area (Å²) in [7, 11) is 1.40. The molecule has 60 heavy (non-hydrogen) atoms. The van der Waals surface area contributed by atoms with Gasteiger partial charge in [0.05, 0.1) is 36.8 Å². The van der Waals surface area contributed by atoms with Gasteiger partial charge in [-0.25, -0.2) is 14.4 Å². The molecule has 4 aliphatic rings. The lowest BCUT2D eigenvalue weighted by Gasteiger charge is -2.23. The van der Waals surface area contributed by atoms with Gasteiger partial charge in [0, 0.05) is 53.5 Å². The number of fused-ring (bicyclic) bond motifs is 2. The van der Waals surface area contributed by atoms with E-state index in [1.165, 1.54) is 12.7 Å². The fraction of sp³-hybridized carbons (Fsp3) is 0.756. The number of amides is 6. The van der Waals surface area contributed by atoms with Gasteiger partial charge in [-0.2, -0.15) is 23.5 Å². The third-order valence-electron chi connectivity index (χ3n) is 12.5. The molecule has 0 spiro atoms. The number of hydrogen-bond donors (Lipinski definition) is 6. The van der Waals surface area contributed by atoms with Crippen molar-refractivity contribution in [2.45, 2.75) is 183 Å². The molecule has 1 aromatic carbocycles. The molecule has 15 heteroatoms. The number of ether oxygens (including phenoxy) is 1. The third kappa shape index (κ3) is 16.3. The second-order valence-electron chi connectivity index (χ2n) is 17.5. The highest BCUT2D eigenvalue weighted by Gasteiger charge is 2.43. The van der Waals surface area contributed by atoms with E-state index in [2.05, 4.69) is 50.6 Å². The Kier molecular flexibility index (Phi) is 20.5. The van der Waals surface area contributed by atoms with E-state index in [4.69, 9.17) is 4.74 Å². The van der Waals surface area contributed by atoms with E-state index < -0.39 is 0 Å². The number of benzene rings is 1. The van der Waals surface area contributed by atoms with E-state index in [0.717, 1.165) is 134 Å². The molecule has 4 saturated heterocycles. The smallest absolute Gasteiger partial charge is 0.337 e. The number of methoxy groups -OCH3 is 1. The molecular formula is C45H73N7O6S2. The first-order chi connectivity index (χ1) is 29.1. The molecule has 1 aromatic rings. The molecule has 5 rings (SSSR count). The first-order valence-electron chi connectivity index (χ1n) is 22.9. The summed E-state index contributed by atoms with van der Waals surface area (Å²) in [5.41, 5.74) is 1.75. The maximum Gasteiger partial charge on any atom is 0.337 e. The van der Waals surface area contributed by atoms with E-state index in [0.29, 0.717) is 28.9 Å². The van der Waals surface area contributed by atoms with Crippen LogP contribution in [-0.2, 0) is 20.9 Å². The van der Waals surface area contributed by atoms with Gasteiger partial charge in [-0.1, -0.05) is 63.5 Å². The lowest BCUT2D eigenvalue weighted by molar-refractivity contribution is -0.122. The first-order valence-corrected chi connectivity index (χ1v) is 25.0. The molecule has 13 nitrogen and oxygen atoms in total. The van der Waals surface area contributed by atoms with Gasteiger partial charge in [0.1, 0.15) is 0 Å². The molecule has 0 aromatic heterocycles. The van der Waals surface area contributed by atoms with Crippen molar-refractivity contribution in [1.29, 1.82) is 0 Å². The standard InChI is InChI=1S/C45H73N7O6S2/c1-31(46-39(53)20-12-10-18-37-41-35(29-59-37)48-44(56)50-41)16-8-4-6-14-26-52(28-33-22-24-34(25-23-33)43(55)58-3)27-15-7-5-9-17-32(2)47-40(54)21-13-11-19-38-42-36(30-60-38)49-45(57)51-42/h22-25,31-32,35-38,41-42H,4-21,26-30H2,1-3H3,(H,46,53)(H,47,54)(H2,48,50,56)(H2,49,51,57)/t31?,32?,35-,36-,37-,38-,41-,42-/m0/s1. The Morgan fingerprint density at radius 2 is 1.13 bits per heavy atom. The van der Waals surface area contributed by atoms with Crippen LogP contribution in [-0.4, -0.2) is 113 Å². The van der Waals surface area contributed by atoms with Gasteiger partial charge < -0.3 is 36.6 Å². The first kappa shape index (κ1) is 47.9. The third-order valence-corrected chi connectivity index (χ3v) is 15.5. The van der Waals surface area contributed by atoms with Gasteiger partial charge >= 0.3 is 18.0 Å². The van der Waals surface area contributed by atoms with Crippen molar-refractivity contribution in [2.24, 2.45) is 0 Å². The van der Waals surface area contributed by atoms with E-state index in [-0.39, 0.29) is 66.1 Å². The van der Waals surface area contributed by atoms with E-state index in [1.54, 1.807) is 0 Å². The van der Waals surface area contributed by atoms with Crippen LogP contribution in [0.25, 0.3) is 0 Å². The summed E-state index contributed by atoms with van der Waals surface area (Å²) in [4.78, 5) is 62.9. The summed E-state index contributed by atoms with van der Waals surface area (Å²) in [6.45, 7) is 7.10. The Labute approximate surface area is 367 Å². The number of carbonyl (C=O) groups is 5. The highest BCUT2D eigenvalue weighted by molar-refractivity contribution is 8.00. The Bertz CT molecular complexity index is 1440. The summed E-state index contributed by atoms with van der Waals surface area (Å²) in [6.07, 6.45) is 17.9. The van der Waals surface area contributed by atoms with E-state index >= 15 is 0 Å². The number of thioether (sulfide) groups is 2. The Morgan fingerprint density at radius 1 is 0.667 bits per heavy atom. The molecule has 6 N–H and O–H groups in total. The summed E-state index contributed by atoms with van der Waals surface area (Å²) in [6, 6.07) is 8.95. The zero-order valence-corrected chi connectivity index (χ0v) is 38.0. The molecule has 0 bridgehead atoms. The van der Waals surface area contributed by atoms with Crippen LogP contribution in [0.2, 0.25) is 0 Å². The Balaban J connectivity index is 0.896. The van der Waals surface area contributed by atoms with Crippen LogP contribution < -0.4 is 31.9 Å². The Morgan fingerprint density at radius 3 is 1.60 bits per heavy atom. The fourth-order valence-corrected chi connectivity index (χ4v) is 12.1. The van der Waals surface area contributed by atoms with Gasteiger partial charge in [-0.15, -0.1) is 0 Å². The monoisotopic (exact) mass is 872 g/mol. The van der Waals surface area contributed by atoms with E-state index in [1.807, 2.05) is 47.8 Å². The van der Waals surface area contributed by atoms with Crippen LogP contribution >= 0.6 is 23.5 Å². The molecule has 336 valence electrons. The van der Waals surface area contributed by atoms with E-state index in [9.17, 15) is 24.0 Å². The van der Waals surface area contributed by atoms with Crippen LogP contribution in [0.15, 0.2) is 24.3 Å². The molecule has 0 saturated carbocycles. The highest BCUT2D eigenvalue weighted by atomic mass is 32.2. The molecule has 4 aliphatic heterocycles. The van der Waals surface area contributed by atoms with Gasteiger partial charge in [-0.05, 0) is 96.0 Å². The van der Waals surface area contributed by atoms with Crippen molar-refractivity contribution in [3.63, 3.8) is 0 Å². The maximum absolute atomic E-state index is 12.6. The Hall–Kier alpha value is -3.17. The predicted molar refractivity (Wildman–Crippen MR) is 242 cm³/mol. The van der Waals surface area contributed by atoms with Gasteiger partial charge in [-0.3, -0.25) is 14.5 Å². The lowest BCUT2D eigenvalue weighted by atomic mass is 10.0. The molecule has 8 atom stereocenters. The fourth-order valence-electron chi connectivity index (χ4n) is 9.06. The molecule has 4 heterocycles. The second kappa shape index (κ2) is 25.7. The minimum atomic E-state index is -0.319. The van der Waals surface area contributed by atoms with Crippen LogP contribution in [0.4, 0.5) is 9.59 Å². The number of nitrogens with one attached hydrogen (secondary N) is 6. The number of hydrogen-bond acceptors (Lipinski definition) is 9. The SMILES string of the molecule is COC(=O)c1ccc(CN(CCCCCCC(C)NC(=O)CCCC[C@@H]2SC[C@@H]3NC(=O)N[C@@H]32)CCCCCCC(C)NC(=O)CCCC[C@@H]2SC[C@@H]3NC(=O)N[C@@H]32)cc1. The molecule has 6 amide bonds. The zero-order valence-electron chi connectivity index (χ0n) is 36.4. The maximum atomic E-state index is 12.6. The van der Waals surface area contributed by atoms with Crippen LogP contribution in [0.3, 0.4) is 0 Å². The van der Waals surface area contributed by atoms with Crippen LogP contribution in [0.5, 0.6) is 0 Å². The van der Waals surface area contributed by atoms with Gasteiger partial charge in [0.15, 0.2) is 0 Å². The summed E-state index contributed by atoms with van der Waals surface area (Å²) in [5, 5.41) is 19.4. The zero-order chi connectivity index (χ0) is 42.7. The normalized spacial score (nSPS) is 23.9. The van der Waals surface area contributed by atoms with Crippen molar-refractivity contribution < 1.29 is 28.7 Å². The average Bonchev–Trinajstić information content (AvgIpc) is 3.99. The number of rotatable bonds is 29. The van der Waals surface area contributed by atoms with Crippen molar-refractivity contribution in [1.82, 2.24) is 36.8 Å². The lowest BCUT2D eigenvalue weighted by Crippen LogP contribution is -2.36. The van der Waals surface area contributed by atoms with Gasteiger partial charge in [0.25, 0.3) is 0 Å². The predicted octanol–water partition coefficient (Wildman–Crippen LogP) is 6.64. The highest BCUT2D eigenvalue weighted by Crippen LogP contribution is 2.34. The topological polar surface area (TPSA) is 170 Å². The van der Waals surface area contributed by atoms with Crippen molar-refractivity contribution >= 4 is 53.4 Å². The minimum Gasteiger partial charge on any atom is -0.465 e. The largest absolute Gasteiger partial charge is 0.465 e. The molecule has 0 radical (unpaired) electrons. The minimum absolute atomic E-state index is 0.0487. The molecular weight excluding hydrogens is 799 g/mol. The quantitative estimate of drug-likeness (QED) is 0.0294. The van der Waals surface area contributed by atoms with Crippen molar-refractivity contribution in [2.75, 3.05) is 31.7 Å². The second-order valence-corrected chi connectivity index (χ2v) is 20.1.